The van der Waals surface area contributed by atoms with E-state index in [1.807, 2.05) is 54.1 Å². The molecule has 0 radical (unpaired) electrons. The molecule has 2 aromatic heterocycles. The van der Waals surface area contributed by atoms with E-state index in [2.05, 4.69) is 86.6 Å². The van der Waals surface area contributed by atoms with Crippen molar-refractivity contribution in [3.63, 3.8) is 0 Å². The van der Waals surface area contributed by atoms with Crippen molar-refractivity contribution in [2.75, 3.05) is 10.2 Å². The summed E-state index contributed by atoms with van der Waals surface area (Å²) in [6, 6.07) is 30.5. The second kappa shape index (κ2) is 9.32. The number of fused-ring (bicyclic) bond motifs is 4. The van der Waals surface area contributed by atoms with E-state index < -0.39 is 0 Å². The Bertz CT molecular complexity index is 1770. The van der Waals surface area contributed by atoms with E-state index in [0.717, 1.165) is 50.0 Å². The molecule has 7 rings (SSSR count). The molecule has 2 aliphatic heterocycles. The van der Waals surface area contributed by atoms with Crippen LogP contribution in [-0.4, -0.2) is 26.4 Å². The maximum absolute atomic E-state index is 5.25. The van der Waals surface area contributed by atoms with Crippen molar-refractivity contribution < 1.29 is 0 Å². The van der Waals surface area contributed by atoms with Gasteiger partial charge in [-0.05, 0) is 67.9 Å². The molecule has 190 valence electrons. The molecule has 3 aromatic carbocycles. The summed E-state index contributed by atoms with van der Waals surface area (Å²) < 4.78 is 2.85. The lowest BCUT2D eigenvalue weighted by molar-refractivity contribution is 0.810. The number of nitrogens with one attached hydrogen (secondary N) is 1. The van der Waals surface area contributed by atoms with Crippen LogP contribution in [0.1, 0.15) is 28.4 Å². The molecule has 1 atom stereocenters. The molecule has 0 aliphatic carbocycles. The van der Waals surface area contributed by atoms with Gasteiger partial charge < -0.3 is 10.2 Å². The van der Waals surface area contributed by atoms with Crippen LogP contribution in [0.15, 0.2) is 112 Å². The standard InChI is InChI=1S/C31H24BrN7/c1-19-13-15-23(16-14-19)34-29-31-36-30-27(20(2)37-39(30)26-12-5-6-17-33-26)28(21-8-7-9-22(32)18-21)38(31)25-11-4-3-10-24(25)35-29/h3-18,28H,1-2H3,(H,34,35)/t28-/m0/s1. The third-order valence-corrected chi connectivity index (χ3v) is 7.48. The maximum atomic E-state index is 5.25. The van der Waals surface area contributed by atoms with Gasteiger partial charge >= 0.3 is 0 Å². The van der Waals surface area contributed by atoms with E-state index in [0.29, 0.717) is 11.7 Å². The van der Waals surface area contributed by atoms with Gasteiger partial charge in [0.05, 0.1) is 23.1 Å². The van der Waals surface area contributed by atoms with Gasteiger partial charge in [-0.25, -0.2) is 15.0 Å². The highest BCUT2D eigenvalue weighted by Gasteiger charge is 2.41. The van der Waals surface area contributed by atoms with Gasteiger partial charge in [0.25, 0.3) is 0 Å². The molecule has 0 saturated carbocycles. The fourth-order valence-electron chi connectivity index (χ4n) is 5.20. The van der Waals surface area contributed by atoms with E-state index in [-0.39, 0.29) is 6.04 Å². The summed E-state index contributed by atoms with van der Waals surface area (Å²) in [7, 11) is 0. The average molecular weight is 574 g/mol. The topological polar surface area (TPSA) is 70.7 Å². The SMILES string of the molecule is Cc1ccc(NC2=Nc3ccccc3N3C2=Nc2c(c(C)nn2-c2ccccn2)[C@@H]3c2cccc(Br)c2)cc1. The minimum absolute atomic E-state index is 0.186. The molecule has 0 bridgehead atoms. The molecule has 0 saturated heterocycles. The van der Waals surface area contributed by atoms with Gasteiger partial charge in [-0.3, -0.25) is 0 Å². The Morgan fingerprint density at radius 1 is 0.846 bits per heavy atom. The number of hydrogen-bond acceptors (Lipinski definition) is 6. The number of aryl methyl sites for hydroxylation is 2. The molecule has 0 amide bonds. The molecular formula is C31H24BrN7. The van der Waals surface area contributed by atoms with Crippen molar-refractivity contribution in [2.24, 2.45) is 9.98 Å². The summed E-state index contributed by atoms with van der Waals surface area (Å²) in [6.07, 6.45) is 1.77. The van der Waals surface area contributed by atoms with Gasteiger partial charge in [0.15, 0.2) is 23.3 Å². The zero-order valence-electron chi connectivity index (χ0n) is 21.4. The Hall–Kier alpha value is -4.56. The average Bonchev–Trinajstić information content (AvgIpc) is 3.29. The van der Waals surface area contributed by atoms with Crippen LogP contribution in [0.25, 0.3) is 5.82 Å². The number of hydrogen-bond donors (Lipinski definition) is 1. The van der Waals surface area contributed by atoms with Gasteiger partial charge in [0.1, 0.15) is 0 Å². The summed E-state index contributed by atoms with van der Waals surface area (Å²) in [5.41, 5.74) is 7.07. The largest absolute Gasteiger partial charge is 0.337 e. The van der Waals surface area contributed by atoms with E-state index in [1.165, 1.54) is 5.56 Å². The fourth-order valence-corrected chi connectivity index (χ4v) is 5.62. The van der Waals surface area contributed by atoms with Gasteiger partial charge in [-0.1, -0.05) is 64.0 Å². The van der Waals surface area contributed by atoms with Crippen molar-refractivity contribution in [3.8, 4) is 5.82 Å². The highest BCUT2D eigenvalue weighted by atomic mass is 79.9. The normalized spacial score (nSPS) is 15.6. The van der Waals surface area contributed by atoms with Crippen molar-refractivity contribution in [1.29, 1.82) is 0 Å². The lowest BCUT2D eigenvalue weighted by atomic mass is 9.93. The molecule has 7 nitrogen and oxygen atoms in total. The zero-order chi connectivity index (χ0) is 26.5. The third kappa shape index (κ3) is 4.04. The van der Waals surface area contributed by atoms with E-state index in [4.69, 9.17) is 15.1 Å². The predicted octanol–water partition coefficient (Wildman–Crippen LogP) is 7.44. The second-order valence-corrected chi connectivity index (χ2v) is 10.5. The van der Waals surface area contributed by atoms with Crippen LogP contribution in [0.2, 0.25) is 0 Å². The van der Waals surface area contributed by atoms with Crippen LogP contribution in [0, 0.1) is 13.8 Å². The summed E-state index contributed by atoms with van der Waals surface area (Å²) in [5.74, 6) is 2.87. The highest BCUT2D eigenvalue weighted by Crippen LogP contribution is 2.48. The number of para-hydroxylation sites is 2. The van der Waals surface area contributed by atoms with Crippen LogP contribution >= 0.6 is 15.9 Å². The summed E-state index contributed by atoms with van der Waals surface area (Å²) in [5, 5.41) is 8.49. The molecular weight excluding hydrogens is 550 g/mol. The summed E-state index contributed by atoms with van der Waals surface area (Å²) in [6.45, 7) is 4.12. The first-order valence-corrected chi connectivity index (χ1v) is 13.5. The minimum Gasteiger partial charge on any atom is -0.337 e. The Balaban J connectivity index is 1.50. The van der Waals surface area contributed by atoms with Crippen LogP contribution in [0.5, 0.6) is 0 Å². The van der Waals surface area contributed by atoms with Crippen molar-refractivity contribution in [2.45, 2.75) is 19.9 Å². The van der Waals surface area contributed by atoms with Gasteiger partial charge in [-0.15, -0.1) is 0 Å². The number of amidine groups is 2. The lowest BCUT2D eigenvalue weighted by Gasteiger charge is -2.40. The Morgan fingerprint density at radius 3 is 2.46 bits per heavy atom. The smallest absolute Gasteiger partial charge is 0.179 e. The van der Waals surface area contributed by atoms with Crippen molar-refractivity contribution >= 4 is 50.5 Å². The number of halogens is 1. The molecule has 5 aromatic rings. The van der Waals surface area contributed by atoms with E-state index in [9.17, 15) is 0 Å². The lowest BCUT2D eigenvalue weighted by Crippen LogP contribution is -2.46. The molecule has 2 aliphatic rings. The Morgan fingerprint density at radius 2 is 1.67 bits per heavy atom. The van der Waals surface area contributed by atoms with Crippen LogP contribution < -0.4 is 10.2 Å². The monoisotopic (exact) mass is 573 g/mol. The maximum Gasteiger partial charge on any atom is 0.179 e. The molecule has 8 heteroatoms. The second-order valence-electron chi connectivity index (χ2n) is 9.63. The van der Waals surface area contributed by atoms with Crippen LogP contribution in [-0.2, 0) is 0 Å². The Kier molecular flexibility index (Phi) is 5.63. The molecule has 39 heavy (non-hydrogen) atoms. The molecule has 4 heterocycles. The first kappa shape index (κ1) is 23.5. The summed E-state index contributed by atoms with van der Waals surface area (Å²) >= 11 is 3.70. The first-order chi connectivity index (χ1) is 19.1. The summed E-state index contributed by atoms with van der Waals surface area (Å²) in [4.78, 5) is 17.2. The minimum atomic E-state index is -0.186. The van der Waals surface area contributed by atoms with Gasteiger partial charge in [0.2, 0.25) is 0 Å². The molecule has 0 unspecified atom stereocenters. The molecule has 1 N–H and O–H groups in total. The number of nitrogens with zero attached hydrogens (tertiary/aromatic N) is 6. The van der Waals surface area contributed by atoms with E-state index >= 15 is 0 Å². The van der Waals surface area contributed by atoms with Crippen molar-refractivity contribution in [3.05, 3.63) is 124 Å². The molecule has 0 spiro atoms. The quantitative estimate of drug-likeness (QED) is 0.243. The molecule has 0 fully saturated rings. The number of benzene rings is 3. The van der Waals surface area contributed by atoms with Gasteiger partial charge in [0, 0.05) is 21.9 Å². The fraction of sp³-hybridized carbons (Fsp3) is 0.0968. The zero-order valence-corrected chi connectivity index (χ0v) is 23.0. The predicted molar refractivity (Wildman–Crippen MR) is 160 cm³/mol. The van der Waals surface area contributed by atoms with Crippen LogP contribution in [0.4, 0.5) is 22.9 Å². The number of pyridine rings is 1. The first-order valence-electron chi connectivity index (χ1n) is 12.7. The number of anilines is 2. The highest BCUT2D eigenvalue weighted by molar-refractivity contribution is 9.10. The number of rotatable bonds is 3. The number of aromatic nitrogens is 3. The van der Waals surface area contributed by atoms with E-state index in [1.54, 1.807) is 6.20 Å². The Labute approximate surface area is 234 Å². The van der Waals surface area contributed by atoms with Gasteiger partial charge in [-0.2, -0.15) is 9.78 Å². The number of aliphatic imine (C=N–C) groups is 2. The van der Waals surface area contributed by atoms with Crippen molar-refractivity contribution in [1.82, 2.24) is 14.8 Å². The third-order valence-electron chi connectivity index (χ3n) is 6.98. The van der Waals surface area contributed by atoms with Crippen LogP contribution in [0.3, 0.4) is 0 Å².